The summed E-state index contributed by atoms with van der Waals surface area (Å²) in [4.78, 5) is 24.5. The molecule has 0 N–H and O–H groups in total. The van der Waals surface area contributed by atoms with E-state index in [4.69, 9.17) is 0 Å². The largest absolute Gasteiger partial charge is 0.337 e. The molecule has 0 aliphatic carbocycles. The first-order chi connectivity index (χ1) is 9.58. The van der Waals surface area contributed by atoms with Gasteiger partial charge in [0.2, 0.25) is 0 Å². The number of non-ortho nitro benzene ring substituents is 1. The van der Waals surface area contributed by atoms with Crippen molar-refractivity contribution in [3.05, 3.63) is 34.0 Å². The fourth-order valence-corrected chi connectivity index (χ4v) is 2.59. The third-order valence-corrected chi connectivity index (χ3v) is 3.64. The van der Waals surface area contributed by atoms with Crippen molar-refractivity contribution in [2.75, 3.05) is 13.1 Å². The van der Waals surface area contributed by atoms with Crippen LogP contribution in [0.4, 0.5) is 5.69 Å². The number of rotatable bonds is 2. The highest BCUT2D eigenvalue weighted by Crippen LogP contribution is 2.25. The minimum absolute atomic E-state index is 0.000622. The van der Waals surface area contributed by atoms with Gasteiger partial charge in [-0.25, -0.2) is 0 Å². The average Bonchev–Trinajstić information content (AvgIpc) is 3.06. The lowest BCUT2D eigenvalue weighted by Gasteiger charge is -2.13. The van der Waals surface area contributed by atoms with Gasteiger partial charge in [-0.15, -0.1) is 0 Å². The topological polar surface area (TPSA) is 81.3 Å². The second-order valence-electron chi connectivity index (χ2n) is 4.93. The van der Waals surface area contributed by atoms with Crippen molar-refractivity contribution in [3.63, 3.8) is 0 Å². The van der Waals surface area contributed by atoms with E-state index < -0.39 is 4.92 Å². The molecular formula is C13H14N4O3. The van der Waals surface area contributed by atoms with Crippen LogP contribution in [-0.4, -0.2) is 38.6 Å². The lowest BCUT2D eigenvalue weighted by atomic mass is 10.2. The molecule has 1 aliphatic heterocycles. The van der Waals surface area contributed by atoms with E-state index >= 15 is 0 Å². The van der Waals surface area contributed by atoms with Crippen molar-refractivity contribution in [3.8, 4) is 0 Å². The first-order valence-corrected chi connectivity index (χ1v) is 6.48. The summed E-state index contributed by atoms with van der Waals surface area (Å²) in [7, 11) is 1.69. The highest BCUT2D eigenvalue weighted by Gasteiger charge is 2.25. The Morgan fingerprint density at radius 2 is 2.05 bits per heavy atom. The number of hydrogen-bond donors (Lipinski definition) is 0. The van der Waals surface area contributed by atoms with E-state index in [0.717, 1.165) is 25.9 Å². The Bertz CT molecular complexity index is 701. The van der Waals surface area contributed by atoms with Crippen LogP contribution in [0.1, 0.15) is 23.3 Å². The fourth-order valence-electron chi connectivity index (χ4n) is 2.59. The SMILES string of the molecule is Cn1nc(C(=O)N2CCCC2)c2ccc([N+](=O)[O-])cc21. The van der Waals surface area contributed by atoms with Gasteiger partial charge in [0.15, 0.2) is 5.69 Å². The molecule has 0 radical (unpaired) electrons. The number of likely N-dealkylation sites (tertiary alicyclic amines) is 1. The van der Waals surface area contributed by atoms with Crippen LogP contribution in [0.15, 0.2) is 18.2 Å². The van der Waals surface area contributed by atoms with Gasteiger partial charge in [0.1, 0.15) is 0 Å². The summed E-state index contributed by atoms with van der Waals surface area (Å²) in [5, 5.41) is 15.7. The molecule has 3 rings (SSSR count). The number of carbonyl (C=O) groups is 1. The molecule has 0 unspecified atom stereocenters. The predicted molar refractivity (Wildman–Crippen MR) is 72.5 cm³/mol. The summed E-state index contributed by atoms with van der Waals surface area (Å²) in [5.74, 6) is -0.0954. The Balaban J connectivity index is 2.08. The third kappa shape index (κ3) is 1.91. The smallest absolute Gasteiger partial charge is 0.274 e. The lowest BCUT2D eigenvalue weighted by Crippen LogP contribution is -2.28. The fraction of sp³-hybridized carbons (Fsp3) is 0.385. The number of fused-ring (bicyclic) bond motifs is 1. The van der Waals surface area contributed by atoms with Crippen molar-refractivity contribution in [2.24, 2.45) is 7.05 Å². The Morgan fingerprint density at radius 1 is 1.35 bits per heavy atom. The lowest BCUT2D eigenvalue weighted by molar-refractivity contribution is -0.384. The molecule has 2 aromatic rings. The van der Waals surface area contributed by atoms with Crippen LogP contribution in [0, 0.1) is 10.1 Å². The molecule has 0 spiro atoms. The molecule has 1 saturated heterocycles. The molecule has 104 valence electrons. The molecule has 0 saturated carbocycles. The Kier molecular flexibility index (Phi) is 2.89. The van der Waals surface area contributed by atoms with Gasteiger partial charge >= 0.3 is 0 Å². The minimum Gasteiger partial charge on any atom is -0.337 e. The van der Waals surface area contributed by atoms with E-state index in [9.17, 15) is 14.9 Å². The zero-order valence-corrected chi connectivity index (χ0v) is 11.1. The Labute approximate surface area is 114 Å². The zero-order valence-electron chi connectivity index (χ0n) is 11.1. The van der Waals surface area contributed by atoms with Gasteiger partial charge in [0.25, 0.3) is 11.6 Å². The van der Waals surface area contributed by atoms with Crippen LogP contribution < -0.4 is 0 Å². The number of nitro benzene ring substituents is 1. The molecule has 20 heavy (non-hydrogen) atoms. The Morgan fingerprint density at radius 3 is 2.70 bits per heavy atom. The van der Waals surface area contributed by atoms with E-state index in [1.807, 2.05) is 0 Å². The molecule has 1 fully saturated rings. The van der Waals surface area contributed by atoms with E-state index in [0.29, 0.717) is 16.6 Å². The second kappa shape index (κ2) is 4.59. The van der Waals surface area contributed by atoms with Crippen molar-refractivity contribution in [1.82, 2.24) is 14.7 Å². The maximum atomic E-state index is 12.4. The van der Waals surface area contributed by atoms with E-state index in [-0.39, 0.29) is 11.6 Å². The van der Waals surface area contributed by atoms with E-state index in [2.05, 4.69) is 5.10 Å². The molecule has 0 bridgehead atoms. The molecule has 2 heterocycles. The summed E-state index contributed by atoms with van der Waals surface area (Å²) in [6.07, 6.45) is 2.03. The number of amides is 1. The number of nitrogens with zero attached hydrogens (tertiary/aromatic N) is 4. The number of carbonyl (C=O) groups excluding carboxylic acids is 1. The van der Waals surface area contributed by atoms with Crippen LogP contribution in [0.3, 0.4) is 0 Å². The van der Waals surface area contributed by atoms with Gasteiger partial charge in [-0.3, -0.25) is 19.6 Å². The number of hydrogen-bond acceptors (Lipinski definition) is 4. The van der Waals surface area contributed by atoms with Crippen LogP contribution >= 0.6 is 0 Å². The number of aryl methyl sites for hydroxylation is 1. The van der Waals surface area contributed by atoms with Crippen molar-refractivity contribution >= 4 is 22.5 Å². The van der Waals surface area contributed by atoms with Crippen molar-refractivity contribution < 1.29 is 9.72 Å². The number of nitro groups is 1. The van der Waals surface area contributed by atoms with Gasteiger partial charge in [-0.05, 0) is 18.9 Å². The van der Waals surface area contributed by atoms with Gasteiger partial charge < -0.3 is 4.90 Å². The first-order valence-electron chi connectivity index (χ1n) is 6.48. The number of aromatic nitrogens is 2. The van der Waals surface area contributed by atoms with Crippen LogP contribution in [0.25, 0.3) is 10.9 Å². The zero-order chi connectivity index (χ0) is 14.3. The monoisotopic (exact) mass is 274 g/mol. The van der Waals surface area contributed by atoms with Gasteiger partial charge in [-0.2, -0.15) is 5.10 Å². The summed E-state index contributed by atoms with van der Waals surface area (Å²) < 4.78 is 1.52. The van der Waals surface area contributed by atoms with Crippen LogP contribution in [-0.2, 0) is 7.05 Å². The van der Waals surface area contributed by atoms with E-state index in [1.165, 1.54) is 16.8 Å². The molecule has 7 nitrogen and oxygen atoms in total. The standard InChI is InChI=1S/C13H14N4O3/c1-15-11-8-9(17(19)20)4-5-10(11)12(14-15)13(18)16-6-2-3-7-16/h4-5,8H,2-3,6-7H2,1H3. The van der Waals surface area contributed by atoms with Gasteiger partial charge in [0.05, 0.1) is 10.4 Å². The maximum absolute atomic E-state index is 12.4. The quantitative estimate of drug-likeness (QED) is 0.616. The average molecular weight is 274 g/mol. The molecule has 1 aromatic carbocycles. The molecule has 1 aromatic heterocycles. The highest BCUT2D eigenvalue weighted by molar-refractivity contribution is 6.05. The predicted octanol–water partition coefficient (Wildman–Crippen LogP) is 1.72. The summed E-state index contributed by atoms with van der Waals surface area (Å²) in [6.45, 7) is 1.51. The first kappa shape index (κ1) is 12.6. The third-order valence-electron chi connectivity index (χ3n) is 3.64. The number of benzene rings is 1. The second-order valence-corrected chi connectivity index (χ2v) is 4.93. The van der Waals surface area contributed by atoms with Gasteiger partial charge in [-0.1, -0.05) is 0 Å². The molecule has 7 heteroatoms. The maximum Gasteiger partial charge on any atom is 0.274 e. The summed E-state index contributed by atoms with van der Waals surface area (Å²) >= 11 is 0. The normalized spacial score (nSPS) is 14.9. The molecule has 1 aliphatic rings. The van der Waals surface area contributed by atoms with Crippen molar-refractivity contribution in [2.45, 2.75) is 12.8 Å². The van der Waals surface area contributed by atoms with Gasteiger partial charge in [0, 0.05) is 37.7 Å². The minimum atomic E-state index is -0.450. The molecule has 1 amide bonds. The van der Waals surface area contributed by atoms with E-state index in [1.54, 1.807) is 18.0 Å². The molecule has 0 atom stereocenters. The van der Waals surface area contributed by atoms with Crippen LogP contribution in [0.5, 0.6) is 0 Å². The molecular weight excluding hydrogens is 260 g/mol. The Hall–Kier alpha value is -2.44. The van der Waals surface area contributed by atoms with Crippen molar-refractivity contribution in [1.29, 1.82) is 0 Å². The highest BCUT2D eigenvalue weighted by atomic mass is 16.6. The summed E-state index contributed by atoms with van der Waals surface area (Å²) in [5.41, 5.74) is 0.974. The van der Waals surface area contributed by atoms with Crippen LogP contribution in [0.2, 0.25) is 0 Å². The summed E-state index contributed by atoms with van der Waals surface area (Å²) in [6, 6.07) is 4.46.